The SMILES string of the molecule is CC(=O)O.COc1ccc2[nH]c3c(c2c1)CCNC3c1ccc(OC)c(COc2ccc(NC(C)=O)cc2)c1. The molecule has 4 N–H and O–H groups in total. The van der Waals surface area contributed by atoms with Crippen molar-refractivity contribution in [2.75, 3.05) is 26.1 Å². The summed E-state index contributed by atoms with van der Waals surface area (Å²) >= 11 is 0. The van der Waals surface area contributed by atoms with Gasteiger partial charge in [0.25, 0.3) is 5.97 Å². The van der Waals surface area contributed by atoms with Crippen molar-refractivity contribution in [1.82, 2.24) is 10.3 Å². The minimum atomic E-state index is -0.833. The van der Waals surface area contributed by atoms with Gasteiger partial charge < -0.3 is 34.9 Å². The molecule has 1 aliphatic heterocycles. The van der Waals surface area contributed by atoms with E-state index in [4.69, 9.17) is 24.1 Å². The van der Waals surface area contributed by atoms with Crippen molar-refractivity contribution in [1.29, 1.82) is 0 Å². The summed E-state index contributed by atoms with van der Waals surface area (Å²) in [5.74, 6) is 1.42. The lowest BCUT2D eigenvalue weighted by molar-refractivity contribution is -0.134. The maximum absolute atomic E-state index is 11.2. The predicted molar refractivity (Wildman–Crippen MR) is 150 cm³/mol. The monoisotopic (exact) mass is 531 g/mol. The number of ether oxygens (including phenoxy) is 3. The molecule has 0 radical (unpaired) electrons. The zero-order valence-corrected chi connectivity index (χ0v) is 22.5. The Kier molecular flexibility index (Phi) is 8.73. The number of fused-ring (bicyclic) bond motifs is 3. The molecule has 2 heterocycles. The molecule has 204 valence electrons. The summed E-state index contributed by atoms with van der Waals surface area (Å²) in [7, 11) is 3.37. The highest BCUT2D eigenvalue weighted by Crippen LogP contribution is 2.36. The third-order valence-electron chi connectivity index (χ3n) is 6.37. The number of aliphatic carboxylic acids is 1. The maximum atomic E-state index is 11.2. The molecule has 1 aromatic heterocycles. The van der Waals surface area contributed by atoms with E-state index in [1.807, 2.05) is 36.4 Å². The van der Waals surface area contributed by atoms with Crippen LogP contribution in [0.5, 0.6) is 17.2 Å². The van der Waals surface area contributed by atoms with Crippen LogP contribution >= 0.6 is 0 Å². The van der Waals surface area contributed by atoms with Crippen LogP contribution in [0.15, 0.2) is 60.7 Å². The number of nitrogens with one attached hydrogen (secondary N) is 3. The highest BCUT2D eigenvalue weighted by atomic mass is 16.5. The molecule has 0 aliphatic carbocycles. The van der Waals surface area contributed by atoms with Crippen LogP contribution in [0.1, 0.15) is 42.3 Å². The zero-order chi connectivity index (χ0) is 27.9. The Labute approximate surface area is 227 Å². The van der Waals surface area contributed by atoms with Gasteiger partial charge in [-0.2, -0.15) is 0 Å². The van der Waals surface area contributed by atoms with Crippen molar-refractivity contribution in [3.63, 3.8) is 0 Å². The molecule has 3 aromatic carbocycles. The fraction of sp³-hybridized carbons (Fsp3) is 0.267. The Morgan fingerprint density at radius 2 is 1.69 bits per heavy atom. The summed E-state index contributed by atoms with van der Waals surface area (Å²) in [5.41, 5.74) is 6.47. The lowest BCUT2D eigenvalue weighted by atomic mass is 9.93. The van der Waals surface area contributed by atoms with Crippen LogP contribution in [0.4, 0.5) is 5.69 Å². The first-order valence-corrected chi connectivity index (χ1v) is 12.6. The Morgan fingerprint density at radius 1 is 0.974 bits per heavy atom. The minimum absolute atomic E-state index is 0.0405. The lowest BCUT2D eigenvalue weighted by Gasteiger charge is -2.25. The molecule has 1 unspecified atom stereocenters. The van der Waals surface area contributed by atoms with Gasteiger partial charge in [-0.15, -0.1) is 0 Å². The number of benzene rings is 3. The summed E-state index contributed by atoms with van der Waals surface area (Å²) in [6.45, 7) is 3.82. The molecule has 0 spiro atoms. The van der Waals surface area contributed by atoms with Gasteiger partial charge in [0.1, 0.15) is 23.9 Å². The first-order valence-electron chi connectivity index (χ1n) is 12.6. The average molecular weight is 532 g/mol. The van der Waals surface area contributed by atoms with E-state index in [1.165, 1.54) is 23.6 Å². The van der Waals surface area contributed by atoms with Crippen molar-refractivity contribution >= 4 is 28.5 Å². The second kappa shape index (κ2) is 12.4. The summed E-state index contributed by atoms with van der Waals surface area (Å²) in [6, 6.07) is 19.8. The van der Waals surface area contributed by atoms with Crippen molar-refractivity contribution in [2.45, 2.75) is 32.9 Å². The number of anilines is 1. The van der Waals surface area contributed by atoms with E-state index in [-0.39, 0.29) is 11.9 Å². The van der Waals surface area contributed by atoms with Gasteiger partial charge >= 0.3 is 0 Å². The molecule has 0 bridgehead atoms. The van der Waals surface area contributed by atoms with E-state index in [0.717, 1.165) is 53.7 Å². The van der Waals surface area contributed by atoms with Crippen molar-refractivity contribution in [2.24, 2.45) is 0 Å². The molecule has 5 rings (SSSR count). The van der Waals surface area contributed by atoms with E-state index < -0.39 is 5.97 Å². The Bertz CT molecular complexity index is 1460. The quantitative estimate of drug-likeness (QED) is 0.263. The number of carbonyl (C=O) groups excluding carboxylic acids is 1. The summed E-state index contributed by atoms with van der Waals surface area (Å²) in [4.78, 5) is 23.9. The molecule has 9 nitrogen and oxygen atoms in total. The molecule has 9 heteroatoms. The fourth-order valence-electron chi connectivity index (χ4n) is 4.71. The van der Waals surface area contributed by atoms with Crippen LogP contribution in [0.3, 0.4) is 0 Å². The number of amides is 1. The summed E-state index contributed by atoms with van der Waals surface area (Å²) in [5, 5.41) is 15.1. The number of carboxylic acid groups (broad SMARTS) is 1. The first kappa shape index (κ1) is 27.5. The third kappa shape index (κ3) is 6.69. The maximum Gasteiger partial charge on any atom is 0.300 e. The third-order valence-corrected chi connectivity index (χ3v) is 6.37. The standard InChI is InChI=1S/C28H29N3O4.C2H4O2/c1-17(32)30-20-5-7-21(8-6-20)35-16-19-14-18(4-11-26(19)34-3)27-28-23(12-13-29-27)24-15-22(33-2)9-10-25(24)31-28;1-2(3)4/h4-11,14-15,27,29,31H,12-13,16H2,1-3H3,(H,30,32);1H3,(H,3,4). The first-order chi connectivity index (χ1) is 18.8. The van der Waals surface area contributed by atoms with Crippen molar-refractivity contribution < 1.29 is 28.9 Å². The van der Waals surface area contributed by atoms with Gasteiger partial charge in [0.2, 0.25) is 5.91 Å². The summed E-state index contributed by atoms with van der Waals surface area (Å²) in [6.07, 6.45) is 0.958. The average Bonchev–Trinajstić information content (AvgIpc) is 3.30. The van der Waals surface area contributed by atoms with Crippen LogP contribution in [-0.4, -0.2) is 42.7 Å². The van der Waals surface area contributed by atoms with Gasteiger partial charge in [0.05, 0.1) is 20.3 Å². The zero-order valence-electron chi connectivity index (χ0n) is 22.5. The second-order valence-electron chi connectivity index (χ2n) is 9.15. The highest BCUT2D eigenvalue weighted by molar-refractivity contribution is 5.88. The van der Waals surface area contributed by atoms with Gasteiger partial charge in [-0.3, -0.25) is 9.59 Å². The van der Waals surface area contributed by atoms with E-state index in [1.54, 1.807) is 14.2 Å². The van der Waals surface area contributed by atoms with E-state index in [0.29, 0.717) is 12.4 Å². The van der Waals surface area contributed by atoms with Gasteiger partial charge in [0.15, 0.2) is 0 Å². The van der Waals surface area contributed by atoms with E-state index >= 15 is 0 Å². The number of aromatic nitrogens is 1. The molecule has 1 aliphatic rings. The number of methoxy groups -OCH3 is 2. The van der Waals surface area contributed by atoms with Crippen molar-refractivity contribution in [3.8, 4) is 17.2 Å². The van der Waals surface area contributed by atoms with Gasteiger partial charge in [-0.1, -0.05) is 6.07 Å². The van der Waals surface area contributed by atoms with Gasteiger partial charge in [-0.05, 0) is 72.1 Å². The molecule has 1 amide bonds. The number of H-pyrrole nitrogens is 1. The second-order valence-corrected chi connectivity index (χ2v) is 9.15. The smallest absolute Gasteiger partial charge is 0.300 e. The largest absolute Gasteiger partial charge is 0.497 e. The van der Waals surface area contributed by atoms with Crippen LogP contribution in [-0.2, 0) is 22.6 Å². The molecule has 4 aromatic rings. The molecular weight excluding hydrogens is 498 g/mol. The minimum Gasteiger partial charge on any atom is -0.497 e. The number of aromatic amines is 1. The highest BCUT2D eigenvalue weighted by Gasteiger charge is 2.26. The van der Waals surface area contributed by atoms with Crippen LogP contribution < -0.4 is 24.8 Å². The Hall–Kier alpha value is -4.50. The molecule has 0 saturated heterocycles. The van der Waals surface area contributed by atoms with Gasteiger partial charge in [-0.25, -0.2) is 0 Å². The van der Waals surface area contributed by atoms with Crippen molar-refractivity contribution in [3.05, 3.63) is 83.0 Å². The Morgan fingerprint density at radius 3 is 2.36 bits per heavy atom. The predicted octanol–water partition coefficient (Wildman–Crippen LogP) is 5.05. The lowest BCUT2D eigenvalue weighted by Crippen LogP contribution is -2.30. The molecule has 0 saturated carbocycles. The van der Waals surface area contributed by atoms with Crippen LogP contribution in [0.2, 0.25) is 0 Å². The normalized spacial score (nSPS) is 14.0. The number of hydrogen-bond donors (Lipinski definition) is 4. The number of carboxylic acids is 1. The number of rotatable bonds is 7. The molecule has 39 heavy (non-hydrogen) atoms. The summed E-state index contributed by atoms with van der Waals surface area (Å²) < 4.78 is 17.1. The Balaban J connectivity index is 0.000000826. The molecule has 1 atom stereocenters. The molecular formula is C30H33N3O6. The van der Waals surface area contributed by atoms with Gasteiger partial charge in [0, 0.05) is 48.2 Å². The van der Waals surface area contributed by atoms with E-state index in [9.17, 15) is 4.79 Å². The topological polar surface area (TPSA) is 122 Å². The number of hydrogen-bond acceptors (Lipinski definition) is 6. The van der Waals surface area contributed by atoms with E-state index in [2.05, 4.69) is 39.9 Å². The number of carbonyl (C=O) groups is 2. The fourth-order valence-corrected chi connectivity index (χ4v) is 4.71. The van der Waals surface area contributed by atoms with Crippen LogP contribution in [0.25, 0.3) is 10.9 Å². The van der Waals surface area contributed by atoms with Crippen LogP contribution in [0, 0.1) is 0 Å². The molecule has 0 fully saturated rings.